The van der Waals surface area contributed by atoms with Crippen LogP contribution in [0.15, 0.2) is 12.1 Å². The smallest absolute Gasteiger partial charge is 0.251 e. The maximum atomic E-state index is 12.8. The van der Waals surface area contributed by atoms with Crippen molar-refractivity contribution in [2.45, 2.75) is 37.6 Å². The van der Waals surface area contributed by atoms with Gasteiger partial charge in [-0.05, 0) is 25.0 Å². The molecule has 1 aromatic rings. The Bertz CT molecular complexity index is 670. The van der Waals surface area contributed by atoms with Crippen molar-refractivity contribution in [3.05, 3.63) is 22.7 Å². The average molecular weight is 381 g/mol. The van der Waals surface area contributed by atoms with Crippen LogP contribution in [-0.4, -0.2) is 56.0 Å². The van der Waals surface area contributed by atoms with Gasteiger partial charge in [0.25, 0.3) is 5.91 Å². The van der Waals surface area contributed by atoms with Crippen LogP contribution in [0.2, 0.25) is 5.02 Å². The van der Waals surface area contributed by atoms with Crippen LogP contribution in [0.4, 0.5) is 0 Å². The zero-order valence-electron chi connectivity index (χ0n) is 14.9. The highest BCUT2D eigenvalue weighted by molar-refractivity contribution is 6.32. The van der Waals surface area contributed by atoms with Gasteiger partial charge in [-0.25, -0.2) is 0 Å². The SMILES string of the molecule is O=C(NCC1(N2CCOCC2)CCCCC1)c1cc(Cl)c2c(c1)OCO2. The van der Waals surface area contributed by atoms with Gasteiger partial charge >= 0.3 is 0 Å². The van der Waals surface area contributed by atoms with E-state index >= 15 is 0 Å². The monoisotopic (exact) mass is 380 g/mol. The van der Waals surface area contributed by atoms with Crippen LogP contribution in [0.25, 0.3) is 0 Å². The van der Waals surface area contributed by atoms with Crippen molar-refractivity contribution >= 4 is 17.5 Å². The standard InChI is InChI=1S/C19H25ClN2O4/c20-15-10-14(11-16-17(15)26-13-25-16)18(23)21-12-19(4-2-1-3-5-19)22-6-8-24-9-7-22/h10-11H,1-9,12-13H2,(H,21,23). The van der Waals surface area contributed by atoms with Crippen LogP contribution in [0.5, 0.6) is 11.5 Å². The van der Waals surface area contributed by atoms with Gasteiger partial charge in [0, 0.05) is 30.7 Å². The lowest BCUT2D eigenvalue weighted by atomic mass is 9.79. The first-order chi connectivity index (χ1) is 12.7. The maximum Gasteiger partial charge on any atom is 0.251 e. The Kier molecular flexibility index (Phi) is 5.25. The Hall–Kier alpha value is -1.50. The van der Waals surface area contributed by atoms with Gasteiger partial charge in [-0.1, -0.05) is 30.9 Å². The minimum Gasteiger partial charge on any atom is -0.454 e. The lowest BCUT2D eigenvalue weighted by Crippen LogP contribution is -2.59. The number of nitrogens with one attached hydrogen (secondary N) is 1. The number of halogens is 1. The van der Waals surface area contributed by atoms with Gasteiger partial charge in [0.05, 0.1) is 18.2 Å². The summed E-state index contributed by atoms with van der Waals surface area (Å²) >= 11 is 6.21. The van der Waals surface area contributed by atoms with Crippen LogP contribution in [0.1, 0.15) is 42.5 Å². The molecular formula is C19H25ClN2O4. The van der Waals surface area contributed by atoms with Crippen LogP contribution >= 0.6 is 11.6 Å². The van der Waals surface area contributed by atoms with E-state index in [1.165, 1.54) is 19.3 Å². The summed E-state index contributed by atoms with van der Waals surface area (Å²) in [6.07, 6.45) is 5.94. The quantitative estimate of drug-likeness (QED) is 0.870. The van der Waals surface area contributed by atoms with Gasteiger partial charge in [-0.2, -0.15) is 0 Å². The number of carbonyl (C=O) groups is 1. The Morgan fingerprint density at radius 3 is 2.69 bits per heavy atom. The number of carbonyl (C=O) groups excluding carboxylic acids is 1. The minimum atomic E-state index is -0.122. The van der Waals surface area contributed by atoms with Crippen molar-refractivity contribution in [2.75, 3.05) is 39.6 Å². The third-order valence-corrected chi connectivity index (χ3v) is 6.01. The highest BCUT2D eigenvalue weighted by Gasteiger charge is 2.39. The van der Waals surface area contributed by atoms with Gasteiger partial charge in [-0.3, -0.25) is 9.69 Å². The van der Waals surface area contributed by atoms with Crippen molar-refractivity contribution in [3.8, 4) is 11.5 Å². The number of benzene rings is 1. The summed E-state index contributed by atoms with van der Waals surface area (Å²) in [5, 5.41) is 3.56. The number of hydrogen-bond acceptors (Lipinski definition) is 5. The lowest BCUT2D eigenvalue weighted by Gasteiger charge is -2.48. The predicted molar refractivity (Wildman–Crippen MR) is 98.1 cm³/mol. The number of ether oxygens (including phenoxy) is 3. The second-order valence-corrected chi connectivity index (χ2v) is 7.67. The second kappa shape index (κ2) is 7.62. The van der Waals surface area contributed by atoms with Crippen molar-refractivity contribution < 1.29 is 19.0 Å². The molecular weight excluding hydrogens is 356 g/mol. The number of nitrogens with zero attached hydrogens (tertiary/aromatic N) is 1. The zero-order valence-corrected chi connectivity index (χ0v) is 15.6. The molecule has 1 aliphatic carbocycles. The predicted octanol–water partition coefficient (Wildman–Crippen LogP) is 2.83. The highest BCUT2D eigenvalue weighted by atomic mass is 35.5. The van der Waals surface area contributed by atoms with E-state index in [4.69, 9.17) is 25.8 Å². The van der Waals surface area contributed by atoms with Crippen LogP contribution in [0, 0.1) is 0 Å². The third kappa shape index (κ3) is 3.50. The summed E-state index contributed by atoms with van der Waals surface area (Å²) in [5.74, 6) is 0.923. The fourth-order valence-corrected chi connectivity index (χ4v) is 4.56. The van der Waals surface area contributed by atoms with E-state index in [0.717, 1.165) is 39.1 Å². The summed E-state index contributed by atoms with van der Waals surface area (Å²) < 4.78 is 16.2. The zero-order chi connectivity index (χ0) is 18.0. The average Bonchev–Trinajstić information content (AvgIpc) is 3.17. The van der Waals surface area contributed by atoms with Gasteiger partial charge in [-0.15, -0.1) is 0 Å². The van der Waals surface area contributed by atoms with E-state index < -0.39 is 0 Å². The third-order valence-electron chi connectivity index (χ3n) is 5.73. The second-order valence-electron chi connectivity index (χ2n) is 7.26. The molecule has 6 nitrogen and oxygen atoms in total. The van der Waals surface area contributed by atoms with E-state index in [1.54, 1.807) is 12.1 Å². The summed E-state index contributed by atoms with van der Waals surface area (Å²) in [5.41, 5.74) is 0.546. The largest absolute Gasteiger partial charge is 0.454 e. The molecule has 1 aromatic carbocycles. The van der Waals surface area contributed by atoms with Gasteiger partial charge < -0.3 is 19.5 Å². The van der Waals surface area contributed by atoms with Crippen LogP contribution < -0.4 is 14.8 Å². The Labute approximate surface area is 158 Å². The summed E-state index contributed by atoms with van der Waals surface area (Å²) in [6, 6.07) is 3.35. The Balaban J connectivity index is 1.47. The highest BCUT2D eigenvalue weighted by Crippen LogP contribution is 2.40. The van der Waals surface area contributed by atoms with Crippen molar-refractivity contribution in [2.24, 2.45) is 0 Å². The van der Waals surface area contributed by atoms with Gasteiger partial charge in [0.1, 0.15) is 0 Å². The minimum absolute atomic E-state index is 0.0395. The number of amides is 1. The summed E-state index contributed by atoms with van der Waals surface area (Å²) in [6.45, 7) is 4.20. The summed E-state index contributed by atoms with van der Waals surface area (Å²) in [4.78, 5) is 15.3. The molecule has 4 rings (SSSR count). The lowest BCUT2D eigenvalue weighted by molar-refractivity contribution is -0.0361. The first-order valence-electron chi connectivity index (χ1n) is 9.38. The normalized spacial score (nSPS) is 22.2. The molecule has 0 bridgehead atoms. The molecule has 1 N–H and O–H groups in total. The van der Waals surface area contributed by atoms with E-state index in [-0.39, 0.29) is 18.2 Å². The molecule has 2 fully saturated rings. The Morgan fingerprint density at radius 1 is 1.15 bits per heavy atom. The molecule has 1 amide bonds. The van der Waals surface area contributed by atoms with E-state index in [2.05, 4.69) is 10.2 Å². The van der Waals surface area contributed by atoms with Crippen LogP contribution in [0.3, 0.4) is 0 Å². The number of morpholine rings is 1. The van der Waals surface area contributed by atoms with E-state index in [9.17, 15) is 4.79 Å². The number of hydrogen-bond donors (Lipinski definition) is 1. The molecule has 0 radical (unpaired) electrons. The number of rotatable bonds is 4. The van der Waals surface area contributed by atoms with Crippen molar-refractivity contribution in [1.82, 2.24) is 10.2 Å². The van der Waals surface area contributed by atoms with Gasteiger partial charge in [0.2, 0.25) is 6.79 Å². The molecule has 3 aliphatic rings. The van der Waals surface area contributed by atoms with E-state index in [0.29, 0.717) is 28.6 Å². The number of fused-ring (bicyclic) bond motifs is 1. The molecule has 1 saturated heterocycles. The maximum absolute atomic E-state index is 12.8. The molecule has 0 atom stereocenters. The molecule has 0 aromatic heterocycles. The van der Waals surface area contributed by atoms with Crippen molar-refractivity contribution in [1.29, 1.82) is 0 Å². The summed E-state index contributed by atoms with van der Waals surface area (Å²) in [7, 11) is 0. The molecule has 7 heteroatoms. The first-order valence-corrected chi connectivity index (χ1v) is 9.76. The van der Waals surface area contributed by atoms with Gasteiger partial charge in [0.15, 0.2) is 11.5 Å². The first kappa shape index (κ1) is 17.9. The van der Waals surface area contributed by atoms with Crippen LogP contribution in [-0.2, 0) is 4.74 Å². The fraction of sp³-hybridized carbons (Fsp3) is 0.632. The fourth-order valence-electron chi connectivity index (χ4n) is 4.30. The molecule has 26 heavy (non-hydrogen) atoms. The molecule has 2 heterocycles. The van der Waals surface area contributed by atoms with Crippen molar-refractivity contribution in [3.63, 3.8) is 0 Å². The molecule has 0 unspecified atom stereocenters. The molecule has 0 spiro atoms. The molecule has 2 aliphatic heterocycles. The Morgan fingerprint density at radius 2 is 1.92 bits per heavy atom. The molecule has 142 valence electrons. The topological polar surface area (TPSA) is 60.0 Å². The van der Waals surface area contributed by atoms with E-state index in [1.807, 2.05) is 0 Å². The molecule has 1 saturated carbocycles.